The van der Waals surface area contributed by atoms with E-state index in [4.69, 9.17) is 5.73 Å². The minimum absolute atomic E-state index is 0.00349. The van der Waals surface area contributed by atoms with Crippen molar-refractivity contribution in [3.63, 3.8) is 0 Å². The summed E-state index contributed by atoms with van der Waals surface area (Å²) in [6, 6.07) is 9.55. The van der Waals surface area contributed by atoms with Crippen molar-refractivity contribution in [1.29, 1.82) is 0 Å². The lowest BCUT2D eigenvalue weighted by atomic mass is 10.2. The van der Waals surface area contributed by atoms with E-state index in [9.17, 15) is 12.8 Å². The molecule has 0 radical (unpaired) electrons. The third kappa shape index (κ3) is 3.82. The molecule has 4 nitrogen and oxygen atoms in total. The second-order valence-electron chi connectivity index (χ2n) is 4.23. The predicted molar refractivity (Wildman–Crippen MR) is 86.7 cm³/mol. The summed E-state index contributed by atoms with van der Waals surface area (Å²) in [5.41, 5.74) is 6.46. The van der Waals surface area contributed by atoms with Crippen LogP contribution in [0.5, 0.6) is 0 Å². The monoisotopic (exact) mass is 436 g/mol. The average molecular weight is 438 g/mol. The molecule has 0 fully saturated rings. The van der Waals surface area contributed by atoms with Gasteiger partial charge in [0.15, 0.2) is 5.82 Å². The molecular weight excluding hydrogens is 427 g/mol. The normalized spacial score (nSPS) is 11.6. The Kier molecular flexibility index (Phi) is 5.03. The van der Waals surface area contributed by atoms with Gasteiger partial charge in [-0.15, -0.1) is 0 Å². The summed E-state index contributed by atoms with van der Waals surface area (Å²) in [5.74, 6) is -0.871. The molecule has 3 N–H and O–H groups in total. The number of benzene rings is 2. The Balaban J connectivity index is 2.30. The van der Waals surface area contributed by atoms with Crippen molar-refractivity contribution in [3.05, 3.63) is 56.7 Å². The van der Waals surface area contributed by atoms with Gasteiger partial charge >= 0.3 is 0 Å². The summed E-state index contributed by atoms with van der Waals surface area (Å²) in [7, 11) is -4.01. The summed E-state index contributed by atoms with van der Waals surface area (Å²) in [6.45, 7) is 0.0373. The quantitative estimate of drug-likeness (QED) is 0.720. The van der Waals surface area contributed by atoms with Crippen LogP contribution in [0.4, 0.5) is 10.1 Å². The van der Waals surface area contributed by atoms with Gasteiger partial charge in [0, 0.05) is 16.7 Å². The van der Waals surface area contributed by atoms with Gasteiger partial charge in [-0.3, -0.25) is 0 Å². The molecule has 21 heavy (non-hydrogen) atoms. The largest absolute Gasteiger partial charge is 0.399 e. The zero-order chi connectivity index (χ0) is 15.6. The summed E-state index contributed by atoms with van der Waals surface area (Å²) >= 11 is 6.26. The molecule has 0 spiro atoms. The standard InChI is InChI=1S/C13H11Br2FN2O2S/c14-10-4-2-1-3-8(10)7-18-21(19,20)12-6-9(17)5-11(15)13(12)16/h1-6,18H,7,17H2. The number of sulfonamides is 1. The zero-order valence-corrected chi connectivity index (χ0v) is 14.6. The van der Waals surface area contributed by atoms with Gasteiger partial charge in [-0.05, 0) is 39.7 Å². The molecule has 2 aromatic rings. The maximum Gasteiger partial charge on any atom is 0.243 e. The number of hydrogen-bond donors (Lipinski definition) is 2. The van der Waals surface area contributed by atoms with Crippen LogP contribution in [0.2, 0.25) is 0 Å². The minimum atomic E-state index is -4.01. The molecule has 8 heteroatoms. The highest BCUT2D eigenvalue weighted by Crippen LogP contribution is 2.26. The van der Waals surface area contributed by atoms with E-state index in [1.807, 2.05) is 6.07 Å². The van der Waals surface area contributed by atoms with Gasteiger partial charge in [-0.1, -0.05) is 34.1 Å². The van der Waals surface area contributed by atoms with Crippen molar-refractivity contribution in [3.8, 4) is 0 Å². The molecule has 0 unspecified atom stereocenters. The van der Waals surface area contributed by atoms with Crippen molar-refractivity contribution in [1.82, 2.24) is 4.72 Å². The first-order chi connectivity index (χ1) is 9.81. The van der Waals surface area contributed by atoms with Crippen LogP contribution in [0, 0.1) is 5.82 Å². The summed E-state index contributed by atoms with van der Waals surface area (Å²) in [6.07, 6.45) is 0. The van der Waals surface area contributed by atoms with Crippen LogP contribution in [0.1, 0.15) is 5.56 Å². The molecule has 2 rings (SSSR count). The lowest BCUT2D eigenvalue weighted by Crippen LogP contribution is -2.24. The number of rotatable bonds is 4. The summed E-state index contributed by atoms with van der Waals surface area (Å²) in [5, 5.41) is 0. The Labute approximate surface area is 138 Å². The molecule has 0 aliphatic carbocycles. The molecule has 0 aliphatic rings. The number of nitrogens with two attached hydrogens (primary N) is 1. The summed E-state index contributed by atoms with van der Waals surface area (Å²) < 4.78 is 41.5. The Hall–Kier alpha value is -0.960. The lowest BCUT2D eigenvalue weighted by molar-refractivity contribution is 0.554. The Bertz CT molecular complexity index is 782. The maximum absolute atomic E-state index is 14.0. The molecule has 0 saturated heterocycles. The van der Waals surface area contributed by atoms with Gasteiger partial charge in [0.25, 0.3) is 0 Å². The van der Waals surface area contributed by atoms with Gasteiger partial charge in [-0.25, -0.2) is 17.5 Å². The van der Waals surface area contributed by atoms with Crippen molar-refractivity contribution < 1.29 is 12.8 Å². The molecule has 0 bridgehead atoms. The summed E-state index contributed by atoms with van der Waals surface area (Å²) in [4.78, 5) is -0.485. The number of halogens is 3. The van der Waals surface area contributed by atoms with E-state index in [0.29, 0.717) is 0 Å². The second kappa shape index (κ2) is 6.43. The first-order valence-corrected chi connectivity index (χ1v) is 8.86. The van der Waals surface area contributed by atoms with Crippen LogP contribution >= 0.6 is 31.9 Å². The molecule has 0 aliphatic heterocycles. The molecule has 0 aromatic heterocycles. The molecule has 0 heterocycles. The van der Waals surface area contributed by atoms with E-state index in [-0.39, 0.29) is 16.7 Å². The highest BCUT2D eigenvalue weighted by atomic mass is 79.9. The number of anilines is 1. The van der Waals surface area contributed by atoms with Crippen LogP contribution < -0.4 is 10.5 Å². The van der Waals surface area contributed by atoms with Gasteiger partial charge in [0.1, 0.15) is 4.90 Å². The first-order valence-electron chi connectivity index (χ1n) is 5.79. The predicted octanol–water partition coefficient (Wildman–Crippen LogP) is 3.41. The molecule has 0 atom stereocenters. The molecule has 0 saturated carbocycles. The Morgan fingerprint density at radius 1 is 1.14 bits per heavy atom. The lowest BCUT2D eigenvalue weighted by Gasteiger charge is -2.10. The number of hydrogen-bond acceptors (Lipinski definition) is 3. The van der Waals surface area contributed by atoms with E-state index in [0.717, 1.165) is 16.1 Å². The second-order valence-corrected chi connectivity index (χ2v) is 7.67. The van der Waals surface area contributed by atoms with Gasteiger partial charge in [-0.2, -0.15) is 0 Å². The van der Waals surface area contributed by atoms with Crippen LogP contribution in [-0.2, 0) is 16.6 Å². The van der Waals surface area contributed by atoms with E-state index < -0.39 is 20.7 Å². The highest BCUT2D eigenvalue weighted by molar-refractivity contribution is 9.10. The topological polar surface area (TPSA) is 72.2 Å². The maximum atomic E-state index is 14.0. The zero-order valence-electron chi connectivity index (χ0n) is 10.6. The number of nitrogens with one attached hydrogen (secondary N) is 1. The van der Waals surface area contributed by atoms with Crippen molar-refractivity contribution in [2.75, 3.05) is 5.73 Å². The van der Waals surface area contributed by atoms with Crippen LogP contribution in [0.25, 0.3) is 0 Å². The van der Waals surface area contributed by atoms with E-state index >= 15 is 0 Å². The van der Waals surface area contributed by atoms with Crippen LogP contribution in [0.3, 0.4) is 0 Å². The van der Waals surface area contributed by atoms with Crippen LogP contribution in [-0.4, -0.2) is 8.42 Å². The highest BCUT2D eigenvalue weighted by Gasteiger charge is 2.21. The fourth-order valence-electron chi connectivity index (χ4n) is 1.67. The minimum Gasteiger partial charge on any atom is -0.399 e. The van der Waals surface area contributed by atoms with Gasteiger partial charge < -0.3 is 5.73 Å². The average Bonchev–Trinajstić information content (AvgIpc) is 2.42. The SMILES string of the molecule is Nc1cc(Br)c(F)c(S(=O)(=O)NCc2ccccc2Br)c1. The third-order valence-electron chi connectivity index (χ3n) is 2.72. The third-order valence-corrected chi connectivity index (χ3v) is 5.47. The Morgan fingerprint density at radius 3 is 2.48 bits per heavy atom. The first kappa shape index (κ1) is 16.4. The molecular formula is C13H11Br2FN2O2S. The van der Waals surface area contributed by atoms with Gasteiger partial charge in [0.05, 0.1) is 4.47 Å². The fourth-order valence-corrected chi connectivity index (χ4v) is 3.84. The van der Waals surface area contributed by atoms with Crippen LogP contribution in [0.15, 0.2) is 50.2 Å². The van der Waals surface area contributed by atoms with Crippen molar-refractivity contribution in [2.45, 2.75) is 11.4 Å². The number of nitrogen functional groups attached to an aromatic ring is 1. The van der Waals surface area contributed by atoms with Crippen molar-refractivity contribution >= 4 is 47.6 Å². The van der Waals surface area contributed by atoms with Gasteiger partial charge in [0.2, 0.25) is 10.0 Å². The van der Waals surface area contributed by atoms with E-state index in [1.54, 1.807) is 18.2 Å². The molecule has 0 amide bonds. The van der Waals surface area contributed by atoms with Crippen molar-refractivity contribution in [2.24, 2.45) is 0 Å². The molecule has 112 valence electrons. The molecule has 2 aromatic carbocycles. The Morgan fingerprint density at radius 2 is 1.81 bits per heavy atom. The smallest absolute Gasteiger partial charge is 0.243 e. The van der Waals surface area contributed by atoms with E-state index in [2.05, 4.69) is 36.6 Å². The van der Waals surface area contributed by atoms with E-state index in [1.165, 1.54) is 6.07 Å². The fraction of sp³-hybridized carbons (Fsp3) is 0.0769.